The molecular formula is C16H18N2O5S2. The molecule has 0 unspecified atom stereocenters. The van der Waals surface area contributed by atoms with E-state index in [0.717, 1.165) is 10.6 Å². The number of benzene rings is 2. The fourth-order valence-electron chi connectivity index (χ4n) is 2.08. The van der Waals surface area contributed by atoms with E-state index in [1.807, 2.05) is 0 Å². The highest BCUT2D eigenvalue weighted by atomic mass is 32.2. The SMILES string of the molecule is CN(C)S(=O)(=O)c1ccc(C(=O)Nc2ccccc2S(C)(=O)=O)cc1. The average Bonchev–Trinajstić information content (AvgIpc) is 2.54. The average molecular weight is 382 g/mol. The Morgan fingerprint density at radius 2 is 1.48 bits per heavy atom. The maximum atomic E-state index is 12.3. The number of hydrogen-bond acceptors (Lipinski definition) is 5. The van der Waals surface area contributed by atoms with Gasteiger partial charge in [-0.25, -0.2) is 21.1 Å². The monoisotopic (exact) mass is 382 g/mol. The van der Waals surface area contributed by atoms with E-state index in [9.17, 15) is 21.6 Å². The van der Waals surface area contributed by atoms with E-state index in [0.29, 0.717) is 0 Å². The Kier molecular flexibility index (Phi) is 5.31. The highest BCUT2D eigenvalue weighted by Gasteiger charge is 2.18. The summed E-state index contributed by atoms with van der Waals surface area (Å²) < 4.78 is 48.6. The number of carbonyl (C=O) groups is 1. The van der Waals surface area contributed by atoms with E-state index in [-0.39, 0.29) is 21.0 Å². The van der Waals surface area contributed by atoms with Crippen LogP contribution in [0.1, 0.15) is 10.4 Å². The third kappa shape index (κ3) is 4.25. The van der Waals surface area contributed by atoms with Crippen molar-refractivity contribution in [1.29, 1.82) is 0 Å². The molecule has 0 saturated carbocycles. The molecule has 0 fully saturated rings. The van der Waals surface area contributed by atoms with Crippen LogP contribution in [0.2, 0.25) is 0 Å². The molecule has 2 rings (SSSR count). The van der Waals surface area contributed by atoms with Gasteiger partial charge in [0.05, 0.1) is 15.5 Å². The lowest BCUT2D eigenvalue weighted by atomic mass is 10.2. The van der Waals surface area contributed by atoms with Crippen molar-refractivity contribution in [3.8, 4) is 0 Å². The summed E-state index contributed by atoms with van der Waals surface area (Å²) in [4.78, 5) is 12.4. The number of sulfonamides is 1. The Labute approximate surface area is 147 Å². The molecule has 0 radical (unpaired) electrons. The minimum absolute atomic E-state index is 0.00940. The zero-order valence-corrected chi connectivity index (χ0v) is 15.6. The minimum Gasteiger partial charge on any atom is -0.321 e. The molecule has 1 amide bonds. The second-order valence-corrected chi connectivity index (χ2v) is 9.67. The normalized spacial score (nSPS) is 12.2. The third-order valence-corrected chi connectivity index (χ3v) is 6.41. The van der Waals surface area contributed by atoms with E-state index in [2.05, 4.69) is 5.32 Å². The van der Waals surface area contributed by atoms with Crippen LogP contribution in [0.5, 0.6) is 0 Å². The Hall–Kier alpha value is -2.23. The Morgan fingerprint density at radius 3 is 2.00 bits per heavy atom. The molecule has 134 valence electrons. The summed E-state index contributed by atoms with van der Waals surface area (Å²) in [5, 5.41) is 2.54. The molecule has 25 heavy (non-hydrogen) atoms. The van der Waals surface area contributed by atoms with Crippen molar-refractivity contribution in [2.75, 3.05) is 25.7 Å². The Morgan fingerprint density at radius 1 is 0.920 bits per heavy atom. The first-order valence-corrected chi connectivity index (χ1v) is 10.5. The van der Waals surface area contributed by atoms with Gasteiger partial charge < -0.3 is 5.32 Å². The van der Waals surface area contributed by atoms with E-state index >= 15 is 0 Å². The second-order valence-electron chi connectivity index (χ2n) is 5.53. The van der Waals surface area contributed by atoms with Crippen LogP contribution in [0.4, 0.5) is 5.69 Å². The highest BCUT2D eigenvalue weighted by molar-refractivity contribution is 7.91. The van der Waals surface area contributed by atoms with Gasteiger partial charge in [0.2, 0.25) is 10.0 Å². The third-order valence-electron chi connectivity index (χ3n) is 3.43. The maximum absolute atomic E-state index is 12.3. The van der Waals surface area contributed by atoms with Gasteiger partial charge in [0.1, 0.15) is 0 Å². The topological polar surface area (TPSA) is 101 Å². The molecule has 0 atom stereocenters. The Bertz CT molecular complexity index is 995. The molecule has 0 aliphatic rings. The van der Waals surface area contributed by atoms with Crippen LogP contribution in [-0.4, -0.2) is 47.4 Å². The molecule has 0 aliphatic heterocycles. The second kappa shape index (κ2) is 6.95. The zero-order valence-electron chi connectivity index (χ0n) is 13.9. The van der Waals surface area contributed by atoms with Gasteiger partial charge >= 0.3 is 0 Å². The molecule has 0 aromatic heterocycles. The summed E-state index contributed by atoms with van der Waals surface area (Å²) in [5.41, 5.74) is 0.376. The molecule has 9 heteroatoms. The molecule has 0 bridgehead atoms. The van der Waals surface area contributed by atoms with Crippen LogP contribution in [0.15, 0.2) is 58.3 Å². The lowest BCUT2D eigenvalue weighted by Gasteiger charge is -2.12. The predicted molar refractivity (Wildman–Crippen MR) is 94.8 cm³/mol. The Balaban J connectivity index is 2.29. The summed E-state index contributed by atoms with van der Waals surface area (Å²) in [6.07, 6.45) is 1.05. The van der Waals surface area contributed by atoms with Crippen molar-refractivity contribution in [2.24, 2.45) is 0 Å². The molecule has 2 aromatic carbocycles. The van der Waals surface area contributed by atoms with Crippen LogP contribution in [0.25, 0.3) is 0 Å². The van der Waals surface area contributed by atoms with Gasteiger partial charge in [-0.15, -0.1) is 0 Å². The smallest absolute Gasteiger partial charge is 0.255 e. The lowest BCUT2D eigenvalue weighted by molar-refractivity contribution is 0.102. The fourth-order valence-corrected chi connectivity index (χ4v) is 3.82. The van der Waals surface area contributed by atoms with E-state index in [1.54, 1.807) is 12.1 Å². The molecule has 0 aliphatic carbocycles. The predicted octanol–water partition coefficient (Wildman–Crippen LogP) is 1.59. The molecule has 0 saturated heterocycles. The van der Waals surface area contributed by atoms with Crippen molar-refractivity contribution in [3.63, 3.8) is 0 Å². The summed E-state index contributed by atoms with van der Waals surface area (Å²) >= 11 is 0. The quantitative estimate of drug-likeness (QED) is 0.846. The van der Waals surface area contributed by atoms with E-state index in [4.69, 9.17) is 0 Å². The lowest BCUT2D eigenvalue weighted by Crippen LogP contribution is -2.22. The molecule has 0 heterocycles. The van der Waals surface area contributed by atoms with Gasteiger partial charge in [-0.1, -0.05) is 12.1 Å². The van der Waals surface area contributed by atoms with Crippen LogP contribution in [0.3, 0.4) is 0 Å². The van der Waals surface area contributed by atoms with Crippen molar-refractivity contribution in [3.05, 3.63) is 54.1 Å². The molecule has 1 N–H and O–H groups in total. The van der Waals surface area contributed by atoms with Gasteiger partial charge in [-0.3, -0.25) is 4.79 Å². The van der Waals surface area contributed by atoms with Gasteiger partial charge in [0.25, 0.3) is 5.91 Å². The van der Waals surface area contributed by atoms with E-state index in [1.165, 1.54) is 50.5 Å². The molecule has 2 aromatic rings. The number of nitrogens with one attached hydrogen (secondary N) is 1. The van der Waals surface area contributed by atoms with Gasteiger partial charge in [-0.05, 0) is 36.4 Å². The molecule has 0 spiro atoms. The largest absolute Gasteiger partial charge is 0.321 e. The first-order valence-electron chi connectivity index (χ1n) is 7.16. The van der Waals surface area contributed by atoms with Crippen LogP contribution in [-0.2, 0) is 19.9 Å². The number of para-hydroxylation sites is 1. The molecular weight excluding hydrogens is 364 g/mol. The van der Waals surface area contributed by atoms with E-state index < -0.39 is 25.8 Å². The number of nitrogens with zero attached hydrogens (tertiary/aromatic N) is 1. The summed E-state index contributed by atoms with van der Waals surface area (Å²) in [6.45, 7) is 0. The van der Waals surface area contributed by atoms with Crippen LogP contribution < -0.4 is 5.32 Å². The maximum Gasteiger partial charge on any atom is 0.255 e. The number of hydrogen-bond donors (Lipinski definition) is 1. The summed E-state index contributed by atoms with van der Waals surface area (Å²) in [6, 6.07) is 11.4. The van der Waals surface area contributed by atoms with Crippen molar-refractivity contribution < 1.29 is 21.6 Å². The zero-order chi connectivity index (χ0) is 18.8. The standard InChI is InChI=1S/C16H18N2O5S2/c1-18(2)25(22,23)13-10-8-12(9-11-13)16(19)17-14-6-4-5-7-15(14)24(3,20)21/h4-11H,1-3H3,(H,17,19). The van der Waals surface area contributed by atoms with Crippen molar-refractivity contribution in [2.45, 2.75) is 9.79 Å². The van der Waals surface area contributed by atoms with Crippen LogP contribution in [0, 0.1) is 0 Å². The number of amides is 1. The van der Waals surface area contributed by atoms with Crippen molar-refractivity contribution in [1.82, 2.24) is 4.31 Å². The number of carbonyl (C=O) groups excluding carboxylic acids is 1. The van der Waals surface area contributed by atoms with Gasteiger partial charge in [0.15, 0.2) is 9.84 Å². The van der Waals surface area contributed by atoms with Gasteiger partial charge in [0, 0.05) is 25.9 Å². The van der Waals surface area contributed by atoms with Crippen molar-refractivity contribution >= 4 is 31.5 Å². The first kappa shape index (κ1) is 19.1. The summed E-state index contributed by atoms with van der Waals surface area (Å²) in [7, 11) is -4.25. The van der Waals surface area contributed by atoms with Crippen LogP contribution >= 0.6 is 0 Å². The summed E-state index contributed by atoms with van der Waals surface area (Å²) in [5.74, 6) is -0.537. The first-order chi connectivity index (χ1) is 11.5. The highest BCUT2D eigenvalue weighted by Crippen LogP contribution is 2.22. The number of sulfone groups is 1. The number of anilines is 1. The number of rotatable bonds is 5. The van der Waals surface area contributed by atoms with Gasteiger partial charge in [-0.2, -0.15) is 0 Å². The minimum atomic E-state index is -3.58. The molecule has 7 nitrogen and oxygen atoms in total. The fraction of sp³-hybridized carbons (Fsp3) is 0.188.